The SMILES string of the molecule is COCCCN(CCOC)c1cccc(CO)n1. The largest absolute Gasteiger partial charge is 0.390 e. The maximum atomic E-state index is 9.11. The van der Waals surface area contributed by atoms with Crippen LogP contribution in [0.15, 0.2) is 18.2 Å². The molecule has 0 aromatic carbocycles. The zero-order chi connectivity index (χ0) is 13.2. The van der Waals surface area contributed by atoms with Crippen LogP contribution in [0.5, 0.6) is 0 Å². The number of hydrogen-bond donors (Lipinski definition) is 1. The lowest BCUT2D eigenvalue weighted by molar-refractivity contribution is 0.191. The van der Waals surface area contributed by atoms with Crippen molar-refractivity contribution in [3.63, 3.8) is 0 Å². The molecule has 1 N–H and O–H groups in total. The Bertz CT molecular complexity index is 334. The summed E-state index contributed by atoms with van der Waals surface area (Å²) < 4.78 is 10.2. The number of anilines is 1. The summed E-state index contributed by atoms with van der Waals surface area (Å²) in [5.74, 6) is 0.870. The molecule has 0 bridgehead atoms. The molecular formula is C13H22N2O3. The van der Waals surface area contributed by atoms with E-state index in [0.717, 1.165) is 31.9 Å². The quantitative estimate of drug-likeness (QED) is 0.668. The second-order valence-corrected chi connectivity index (χ2v) is 3.97. The van der Waals surface area contributed by atoms with E-state index in [0.29, 0.717) is 12.3 Å². The molecule has 1 aromatic heterocycles. The van der Waals surface area contributed by atoms with Gasteiger partial charge in [-0.05, 0) is 18.6 Å². The number of aromatic nitrogens is 1. The molecule has 0 radical (unpaired) electrons. The third-order valence-electron chi connectivity index (χ3n) is 2.62. The predicted octanol–water partition coefficient (Wildman–Crippen LogP) is 1.06. The van der Waals surface area contributed by atoms with Gasteiger partial charge in [-0.2, -0.15) is 0 Å². The first-order valence-corrected chi connectivity index (χ1v) is 6.11. The third kappa shape index (κ3) is 5.00. The van der Waals surface area contributed by atoms with Gasteiger partial charge in [-0.1, -0.05) is 6.07 Å². The van der Waals surface area contributed by atoms with Crippen LogP contribution in [0.25, 0.3) is 0 Å². The smallest absolute Gasteiger partial charge is 0.128 e. The van der Waals surface area contributed by atoms with Gasteiger partial charge in [0.25, 0.3) is 0 Å². The fraction of sp³-hybridized carbons (Fsp3) is 0.615. The monoisotopic (exact) mass is 254 g/mol. The predicted molar refractivity (Wildman–Crippen MR) is 70.7 cm³/mol. The highest BCUT2D eigenvalue weighted by Gasteiger charge is 2.08. The van der Waals surface area contributed by atoms with E-state index in [1.807, 2.05) is 18.2 Å². The van der Waals surface area contributed by atoms with E-state index in [4.69, 9.17) is 14.6 Å². The molecule has 0 spiro atoms. The lowest BCUT2D eigenvalue weighted by Gasteiger charge is -2.23. The molecule has 0 aliphatic rings. The average molecular weight is 254 g/mol. The van der Waals surface area contributed by atoms with E-state index >= 15 is 0 Å². The highest BCUT2D eigenvalue weighted by molar-refractivity contribution is 5.39. The van der Waals surface area contributed by atoms with Gasteiger partial charge in [0.1, 0.15) is 5.82 Å². The number of rotatable bonds is 9. The van der Waals surface area contributed by atoms with Crippen LogP contribution in [0, 0.1) is 0 Å². The maximum Gasteiger partial charge on any atom is 0.128 e. The summed E-state index contributed by atoms with van der Waals surface area (Å²) in [6.07, 6.45) is 0.936. The molecule has 5 nitrogen and oxygen atoms in total. The van der Waals surface area contributed by atoms with E-state index < -0.39 is 0 Å². The van der Waals surface area contributed by atoms with E-state index in [1.54, 1.807) is 14.2 Å². The molecule has 1 aromatic rings. The van der Waals surface area contributed by atoms with Crippen molar-refractivity contribution in [2.24, 2.45) is 0 Å². The van der Waals surface area contributed by atoms with Gasteiger partial charge in [-0.3, -0.25) is 0 Å². The highest BCUT2D eigenvalue weighted by Crippen LogP contribution is 2.12. The van der Waals surface area contributed by atoms with Gasteiger partial charge < -0.3 is 19.5 Å². The zero-order valence-electron chi connectivity index (χ0n) is 11.1. The summed E-state index contributed by atoms with van der Waals surface area (Å²) in [7, 11) is 3.38. The normalized spacial score (nSPS) is 10.6. The lowest BCUT2D eigenvalue weighted by Crippen LogP contribution is -2.30. The standard InChI is InChI=1S/C13H22N2O3/c1-17-9-4-7-15(8-10-18-2)13-6-3-5-12(11-16)14-13/h3,5-6,16H,4,7-11H2,1-2H3. The average Bonchev–Trinajstić information content (AvgIpc) is 2.42. The molecule has 0 unspecified atom stereocenters. The second-order valence-electron chi connectivity index (χ2n) is 3.97. The Hall–Kier alpha value is -1.17. The van der Waals surface area contributed by atoms with Crippen LogP contribution >= 0.6 is 0 Å². The fourth-order valence-corrected chi connectivity index (χ4v) is 1.67. The van der Waals surface area contributed by atoms with Gasteiger partial charge >= 0.3 is 0 Å². The van der Waals surface area contributed by atoms with Crippen molar-refractivity contribution in [2.45, 2.75) is 13.0 Å². The van der Waals surface area contributed by atoms with Crippen LogP contribution < -0.4 is 4.90 Å². The minimum Gasteiger partial charge on any atom is -0.390 e. The number of pyridine rings is 1. The first-order chi connectivity index (χ1) is 8.81. The Morgan fingerprint density at radius 1 is 1.17 bits per heavy atom. The summed E-state index contributed by atoms with van der Waals surface area (Å²) in [4.78, 5) is 6.54. The van der Waals surface area contributed by atoms with Gasteiger partial charge in [0, 0.05) is 33.9 Å². The van der Waals surface area contributed by atoms with Crippen molar-refractivity contribution >= 4 is 5.82 Å². The Kier molecular flexibility index (Phi) is 7.32. The van der Waals surface area contributed by atoms with E-state index in [9.17, 15) is 0 Å². The van der Waals surface area contributed by atoms with E-state index in [-0.39, 0.29) is 6.61 Å². The van der Waals surface area contributed by atoms with Crippen LogP contribution in [0.4, 0.5) is 5.82 Å². The number of nitrogens with zero attached hydrogens (tertiary/aromatic N) is 2. The van der Waals surface area contributed by atoms with Crippen molar-refractivity contribution in [3.8, 4) is 0 Å². The summed E-state index contributed by atoms with van der Waals surface area (Å²) >= 11 is 0. The molecule has 0 saturated carbocycles. The molecular weight excluding hydrogens is 232 g/mol. The molecule has 0 aliphatic heterocycles. The number of aliphatic hydroxyl groups excluding tert-OH is 1. The number of methoxy groups -OCH3 is 2. The van der Waals surface area contributed by atoms with Crippen molar-refractivity contribution < 1.29 is 14.6 Å². The summed E-state index contributed by atoms with van der Waals surface area (Å²) in [6, 6.07) is 5.67. The van der Waals surface area contributed by atoms with Crippen molar-refractivity contribution in [1.29, 1.82) is 0 Å². The minimum atomic E-state index is -0.0377. The van der Waals surface area contributed by atoms with Crippen molar-refractivity contribution in [3.05, 3.63) is 23.9 Å². The van der Waals surface area contributed by atoms with Crippen molar-refractivity contribution in [2.75, 3.05) is 45.4 Å². The van der Waals surface area contributed by atoms with Gasteiger partial charge in [-0.25, -0.2) is 4.98 Å². The second kappa shape index (κ2) is 8.85. The lowest BCUT2D eigenvalue weighted by atomic mass is 10.3. The van der Waals surface area contributed by atoms with Gasteiger partial charge in [0.15, 0.2) is 0 Å². The molecule has 0 saturated heterocycles. The van der Waals surface area contributed by atoms with Gasteiger partial charge in [0.05, 0.1) is 18.9 Å². The molecule has 0 fully saturated rings. The summed E-state index contributed by atoms with van der Waals surface area (Å²) in [6.45, 7) is 2.98. The number of hydrogen-bond acceptors (Lipinski definition) is 5. The number of ether oxygens (including phenoxy) is 2. The molecule has 0 aliphatic carbocycles. The molecule has 0 atom stereocenters. The molecule has 18 heavy (non-hydrogen) atoms. The van der Waals surface area contributed by atoms with Crippen LogP contribution in [-0.4, -0.2) is 50.6 Å². The molecule has 5 heteroatoms. The highest BCUT2D eigenvalue weighted by atomic mass is 16.5. The topological polar surface area (TPSA) is 54.8 Å². The van der Waals surface area contributed by atoms with Gasteiger partial charge in [0.2, 0.25) is 0 Å². The Morgan fingerprint density at radius 2 is 1.94 bits per heavy atom. The summed E-state index contributed by atoms with van der Waals surface area (Å²) in [5.41, 5.74) is 0.682. The van der Waals surface area contributed by atoms with Gasteiger partial charge in [-0.15, -0.1) is 0 Å². The van der Waals surface area contributed by atoms with Crippen LogP contribution in [0.3, 0.4) is 0 Å². The van der Waals surface area contributed by atoms with Crippen molar-refractivity contribution in [1.82, 2.24) is 4.98 Å². The Morgan fingerprint density at radius 3 is 2.61 bits per heavy atom. The first-order valence-electron chi connectivity index (χ1n) is 6.11. The number of aliphatic hydroxyl groups is 1. The molecule has 102 valence electrons. The maximum absolute atomic E-state index is 9.11. The Labute approximate surface area is 108 Å². The molecule has 0 amide bonds. The summed E-state index contributed by atoms with van der Waals surface area (Å²) in [5, 5.41) is 9.11. The van der Waals surface area contributed by atoms with Crippen LogP contribution in [-0.2, 0) is 16.1 Å². The van der Waals surface area contributed by atoms with E-state index in [1.165, 1.54) is 0 Å². The molecule has 1 rings (SSSR count). The zero-order valence-corrected chi connectivity index (χ0v) is 11.1. The van der Waals surface area contributed by atoms with Crippen LogP contribution in [0.1, 0.15) is 12.1 Å². The van der Waals surface area contributed by atoms with E-state index in [2.05, 4.69) is 9.88 Å². The molecule has 1 heterocycles. The Balaban J connectivity index is 2.66. The fourth-order valence-electron chi connectivity index (χ4n) is 1.67. The first kappa shape index (κ1) is 14.9. The van der Waals surface area contributed by atoms with Crippen LogP contribution in [0.2, 0.25) is 0 Å². The third-order valence-corrected chi connectivity index (χ3v) is 2.62. The minimum absolute atomic E-state index is 0.0377.